The van der Waals surface area contributed by atoms with Gasteiger partial charge in [0.2, 0.25) is 0 Å². The van der Waals surface area contributed by atoms with Crippen LogP contribution >= 0.6 is 23.1 Å². The molecule has 0 saturated heterocycles. The number of thiazole rings is 1. The third-order valence-corrected chi connectivity index (χ3v) is 5.95. The summed E-state index contributed by atoms with van der Waals surface area (Å²) in [5, 5.41) is 20.0. The first-order chi connectivity index (χ1) is 13.0. The molecule has 2 heterocycles. The molecule has 0 unspecified atom stereocenters. The summed E-state index contributed by atoms with van der Waals surface area (Å²) >= 11 is 2.73. The predicted octanol–water partition coefficient (Wildman–Crippen LogP) is 3.22. The Morgan fingerprint density at radius 1 is 1.44 bits per heavy atom. The van der Waals surface area contributed by atoms with Crippen LogP contribution in [0.1, 0.15) is 21.9 Å². The van der Waals surface area contributed by atoms with Gasteiger partial charge in [0.05, 0.1) is 40.2 Å². The highest BCUT2D eigenvalue weighted by Crippen LogP contribution is 2.32. The summed E-state index contributed by atoms with van der Waals surface area (Å²) in [6.07, 6.45) is 0. The zero-order valence-corrected chi connectivity index (χ0v) is 16.5. The molecule has 0 saturated carbocycles. The summed E-state index contributed by atoms with van der Waals surface area (Å²) in [5.74, 6) is 0.644. The number of anilines is 1. The van der Waals surface area contributed by atoms with Gasteiger partial charge < -0.3 is 4.74 Å². The van der Waals surface area contributed by atoms with Gasteiger partial charge in [0, 0.05) is 6.07 Å². The average molecular weight is 400 g/mol. The molecule has 1 aromatic carbocycles. The molecular weight excluding hydrogens is 384 g/mol. The van der Waals surface area contributed by atoms with Gasteiger partial charge in [-0.3, -0.25) is 10.1 Å². The van der Waals surface area contributed by atoms with Crippen LogP contribution in [-0.2, 0) is 0 Å². The van der Waals surface area contributed by atoms with Gasteiger partial charge in [-0.1, -0.05) is 34.4 Å². The van der Waals surface area contributed by atoms with Crippen molar-refractivity contribution < 1.29 is 9.53 Å². The van der Waals surface area contributed by atoms with Crippen LogP contribution in [0, 0.1) is 25.2 Å². The molecule has 0 spiro atoms. The Hall–Kier alpha value is -2.90. The second kappa shape index (κ2) is 8.20. The highest BCUT2D eigenvalue weighted by atomic mass is 32.2. The number of carbonyl (C=O) groups is 1. The number of nitriles is 1. The van der Waals surface area contributed by atoms with Gasteiger partial charge in [0.1, 0.15) is 5.75 Å². The molecule has 27 heavy (non-hydrogen) atoms. The zero-order valence-electron chi connectivity index (χ0n) is 14.9. The third kappa shape index (κ3) is 4.10. The first-order valence-electron chi connectivity index (χ1n) is 7.88. The molecule has 138 valence electrons. The van der Waals surface area contributed by atoms with E-state index in [2.05, 4.69) is 26.7 Å². The highest BCUT2D eigenvalue weighted by molar-refractivity contribution is 8.01. The lowest BCUT2D eigenvalue weighted by molar-refractivity contribution is 0.102. The minimum absolute atomic E-state index is 0.219. The number of aryl methyl sites for hydroxylation is 1. The summed E-state index contributed by atoms with van der Waals surface area (Å²) in [7, 11) is 1.59. The predicted molar refractivity (Wildman–Crippen MR) is 104 cm³/mol. The second-order valence-corrected chi connectivity index (χ2v) is 7.67. The molecule has 3 aromatic rings. The van der Waals surface area contributed by atoms with Crippen molar-refractivity contribution in [2.75, 3.05) is 18.2 Å². The van der Waals surface area contributed by atoms with E-state index in [9.17, 15) is 4.79 Å². The maximum atomic E-state index is 12.6. The number of nitrogens with zero attached hydrogens (tertiary/aromatic N) is 5. The quantitative estimate of drug-likeness (QED) is 0.633. The Bertz CT molecular complexity index is 1020. The van der Waals surface area contributed by atoms with Gasteiger partial charge in [0.15, 0.2) is 10.8 Å². The standard InChI is InChI=1S/C17H16N6O2S2/c1-10-16(26-8-7-18)27-17(19-10)20-15(24)14-11(2)23(22-21-14)12-5-4-6-13(9-12)25-3/h4-6,9H,8H2,1-3H3,(H,19,20,24). The first-order valence-corrected chi connectivity index (χ1v) is 9.69. The van der Waals surface area contributed by atoms with Gasteiger partial charge in [-0.05, 0) is 26.0 Å². The maximum Gasteiger partial charge on any atom is 0.279 e. The van der Waals surface area contributed by atoms with E-state index in [0.29, 0.717) is 22.3 Å². The largest absolute Gasteiger partial charge is 0.497 e. The Balaban J connectivity index is 1.80. The average Bonchev–Trinajstić information content (AvgIpc) is 3.22. The van der Waals surface area contributed by atoms with E-state index in [0.717, 1.165) is 15.6 Å². The van der Waals surface area contributed by atoms with Crippen LogP contribution in [0.4, 0.5) is 5.13 Å². The minimum atomic E-state index is -0.382. The van der Waals surface area contributed by atoms with E-state index < -0.39 is 0 Å². The van der Waals surface area contributed by atoms with E-state index in [1.54, 1.807) is 18.7 Å². The van der Waals surface area contributed by atoms with Gasteiger partial charge >= 0.3 is 0 Å². The van der Waals surface area contributed by atoms with Crippen LogP contribution in [0.25, 0.3) is 5.69 Å². The number of thioether (sulfide) groups is 1. The lowest BCUT2D eigenvalue weighted by Crippen LogP contribution is -2.14. The first kappa shape index (κ1) is 18.9. The van der Waals surface area contributed by atoms with Gasteiger partial charge in [0.25, 0.3) is 5.91 Å². The number of hydrogen-bond donors (Lipinski definition) is 1. The molecule has 0 atom stereocenters. The molecule has 0 aliphatic heterocycles. The van der Waals surface area contributed by atoms with Gasteiger partial charge in [-0.15, -0.1) is 5.10 Å². The van der Waals surface area contributed by atoms with E-state index in [1.165, 1.54) is 23.1 Å². The topological polar surface area (TPSA) is 106 Å². The summed E-state index contributed by atoms with van der Waals surface area (Å²) in [6.45, 7) is 3.62. The summed E-state index contributed by atoms with van der Waals surface area (Å²) in [5.41, 5.74) is 2.36. The number of methoxy groups -OCH3 is 1. The van der Waals surface area contributed by atoms with Crippen LogP contribution in [-0.4, -0.2) is 38.7 Å². The number of aromatic nitrogens is 4. The van der Waals surface area contributed by atoms with E-state index in [-0.39, 0.29) is 11.6 Å². The van der Waals surface area contributed by atoms with Crippen molar-refractivity contribution in [2.24, 2.45) is 0 Å². The number of hydrogen-bond acceptors (Lipinski definition) is 8. The monoisotopic (exact) mass is 400 g/mol. The van der Waals surface area contributed by atoms with Crippen LogP contribution < -0.4 is 10.1 Å². The molecular formula is C17H16N6O2S2. The van der Waals surface area contributed by atoms with Crippen molar-refractivity contribution in [2.45, 2.75) is 18.1 Å². The maximum absolute atomic E-state index is 12.6. The highest BCUT2D eigenvalue weighted by Gasteiger charge is 2.19. The lowest BCUT2D eigenvalue weighted by atomic mass is 10.2. The molecule has 2 aromatic heterocycles. The fraction of sp³-hybridized carbons (Fsp3) is 0.235. The fourth-order valence-corrected chi connectivity index (χ4v) is 4.15. The number of rotatable bonds is 6. The van der Waals surface area contributed by atoms with Crippen molar-refractivity contribution in [1.82, 2.24) is 20.0 Å². The molecule has 0 aliphatic carbocycles. The molecule has 0 aliphatic rings. The summed E-state index contributed by atoms with van der Waals surface area (Å²) in [6, 6.07) is 9.42. The number of benzene rings is 1. The van der Waals surface area contributed by atoms with E-state index >= 15 is 0 Å². The van der Waals surface area contributed by atoms with Crippen LogP contribution in [0.5, 0.6) is 5.75 Å². The second-order valence-electron chi connectivity index (χ2n) is 5.43. The van der Waals surface area contributed by atoms with Crippen molar-refractivity contribution in [3.8, 4) is 17.5 Å². The number of ether oxygens (including phenoxy) is 1. The molecule has 3 rings (SSSR count). The molecule has 0 radical (unpaired) electrons. The molecule has 8 nitrogen and oxygen atoms in total. The SMILES string of the molecule is COc1cccc(-n2nnc(C(=O)Nc3nc(C)c(SCC#N)s3)c2C)c1. The normalized spacial score (nSPS) is 10.4. The molecule has 0 bridgehead atoms. The van der Waals surface area contributed by atoms with Crippen molar-refractivity contribution >= 4 is 34.1 Å². The number of nitrogens with one attached hydrogen (secondary N) is 1. The Labute approximate surface area is 164 Å². The summed E-state index contributed by atoms with van der Waals surface area (Å²) in [4.78, 5) is 16.9. The Kier molecular flexibility index (Phi) is 5.73. The minimum Gasteiger partial charge on any atom is -0.497 e. The lowest BCUT2D eigenvalue weighted by Gasteiger charge is -2.06. The van der Waals surface area contributed by atoms with Gasteiger partial charge in [-0.25, -0.2) is 9.67 Å². The summed E-state index contributed by atoms with van der Waals surface area (Å²) < 4.78 is 7.71. The third-order valence-electron chi connectivity index (χ3n) is 3.65. The molecule has 0 fully saturated rings. The van der Waals surface area contributed by atoms with Crippen LogP contribution in [0.15, 0.2) is 28.5 Å². The van der Waals surface area contributed by atoms with Crippen molar-refractivity contribution in [1.29, 1.82) is 5.26 Å². The zero-order chi connectivity index (χ0) is 19.4. The van der Waals surface area contributed by atoms with Crippen molar-refractivity contribution in [3.05, 3.63) is 41.3 Å². The number of carbonyl (C=O) groups excluding carboxylic acids is 1. The smallest absolute Gasteiger partial charge is 0.279 e. The van der Waals surface area contributed by atoms with E-state index in [4.69, 9.17) is 10.00 Å². The Morgan fingerprint density at radius 2 is 2.26 bits per heavy atom. The fourth-order valence-electron chi connectivity index (χ4n) is 2.35. The number of amides is 1. The van der Waals surface area contributed by atoms with Crippen LogP contribution in [0.2, 0.25) is 0 Å². The molecule has 10 heteroatoms. The Morgan fingerprint density at radius 3 is 3.00 bits per heavy atom. The van der Waals surface area contributed by atoms with Gasteiger partial charge in [-0.2, -0.15) is 5.26 Å². The van der Waals surface area contributed by atoms with Crippen LogP contribution in [0.3, 0.4) is 0 Å². The molecule has 1 N–H and O–H groups in total. The van der Waals surface area contributed by atoms with E-state index in [1.807, 2.05) is 31.2 Å². The van der Waals surface area contributed by atoms with Crippen molar-refractivity contribution in [3.63, 3.8) is 0 Å². The molecule has 1 amide bonds.